The third-order valence-electron chi connectivity index (χ3n) is 6.35. The minimum atomic E-state index is -0.188. The average molecular weight is 435 g/mol. The summed E-state index contributed by atoms with van der Waals surface area (Å²) >= 11 is 0. The number of nitrogens with one attached hydrogen (secondary N) is 1. The molecule has 1 aromatic carbocycles. The fraction of sp³-hybridized carbons (Fsp3) is 0.480. The number of anilines is 1. The molecule has 7 nitrogen and oxygen atoms in total. The summed E-state index contributed by atoms with van der Waals surface area (Å²) in [5.74, 6) is 0.0225. The molecule has 2 aliphatic rings. The van der Waals surface area contributed by atoms with Crippen LogP contribution in [0.4, 0.5) is 5.82 Å². The molecule has 1 unspecified atom stereocenters. The highest BCUT2D eigenvalue weighted by Crippen LogP contribution is 2.35. The highest BCUT2D eigenvalue weighted by atomic mass is 16.5. The zero-order valence-corrected chi connectivity index (χ0v) is 18.6. The van der Waals surface area contributed by atoms with E-state index in [4.69, 9.17) is 4.74 Å². The first-order valence-electron chi connectivity index (χ1n) is 11.5. The summed E-state index contributed by atoms with van der Waals surface area (Å²) in [5, 5.41) is 13.0. The van der Waals surface area contributed by atoms with E-state index in [2.05, 4.69) is 11.4 Å². The zero-order chi connectivity index (χ0) is 22.5. The fourth-order valence-corrected chi connectivity index (χ4v) is 4.92. The van der Waals surface area contributed by atoms with Gasteiger partial charge in [-0.15, -0.1) is 0 Å². The molecule has 1 amide bonds. The number of esters is 1. The van der Waals surface area contributed by atoms with E-state index in [0.29, 0.717) is 24.5 Å². The number of rotatable bonds is 6. The van der Waals surface area contributed by atoms with Crippen molar-refractivity contribution in [3.63, 3.8) is 0 Å². The van der Waals surface area contributed by atoms with E-state index in [-0.39, 0.29) is 24.3 Å². The normalized spacial score (nSPS) is 18.4. The highest BCUT2D eigenvalue weighted by molar-refractivity contribution is 5.94. The maximum absolute atomic E-state index is 13.1. The van der Waals surface area contributed by atoms with Gasteiger partial charge in [-0.1, -0.05) is 18.2 Å². The number of hydrogen-bond acceptors (Lipinski definition) is 5. The smallest absolute Gasteiger partial charge is 0.310 e. The summed E-state index contributed by atoms with van der Waals surface area (Å²) in [6.07, 6.45) is 5.52. The van der Waals surface area contributed by atoms with Crippen molar-refractivity contribution in [2.24, 2.45) is 5.92 Å². The van der Waals surface area contributed by atoms with Gasteiger partial charge in [0.2, 0.25) is 5.91 Å². The molecule has 0 saturated carbocycles. The Labute approximate surface area is 189 Å². The Hall–Kier alpha value is -3.11. The number of carbonyl (C=O) groups excluding carboxylic acids is 2. The molecular formula is C25H30N4O3. The van der Waals surface area contributed by atoms with Gasteiger partial charge >= 0.3 is 5.97 Å². The van der Waals surface area contributed by atoms with E-state index >= 15 is 0 Å². The minimum absolute atomic E-state index is 0.168. The Bertz CT molecular complexity index is 1020. The molecule has 1 N–H and O–H groups in total. The van der Waals surface area contributed by atoms with Crippen LogP contribution in [0.15, 0.2) is 30.3 Å². The van der Waals surface area contributed by atoms with Crippen molar-refractivity contribution in [1.29, 1.82) is 5.26 Å². The Morgan fingerprint density at radius 1 is 1.19 bits per heavy atom. The number of likely N-dealkylation sites (tertiary alicyclic amines) is 1. The number of para-hydroxylation sites is 1. The SMILES string of the molecule is CCOC(=O)C1CCCN(CC(=O)Nc2c(C#N)c3c(n2-c2ccccc2)CCCC3)C1. The standard InChI is InChI=1S/C25H30N4O3/c1-2-32-25(31)18-9-8-14-28(16-18)17-23(30)27-24-21(15-26)20-12-6-7-13-22(20)29(24)19-10-4-3-5-11-19/h3-5,10-11,18H,2,6-9,12-14,16-17H2,1H3,(H,27,30). The summed E-state index contributed by atoms with van der Waals surface area (Å²) in [6, 6.07) is 12.2. The van der Waals surface area contributed by atoms with Crippen LogP contribution in [0.3, 0.4) is 0 Å². The molecule has 7 heteroatoms. The lowest BCUT2D eigenvalue weighted by Crippen LogP contribution is -2.43. The monoisotopic (exact) mass is 434 g/mol. The molecule has 2 heterocycles. The van der Waals surface area contributed by atoms with Crippen molar-refractivity contribution in [2.75, 3.05) is 31.6 Å². The number of carbonyl (C=O) groups is 2. The van der Waals surface area contributed by atoms with Gasteiger partial charge in [0.15, 0.2) is 0 Å². The largest absolute Gasteiger partial charge is 0.466 e. The predicted octanol–water partition coefficient (Wildman–Crippen LogP) is 3.44. The zero-order valence-electron chi connectivity index (χ0n) is 18.6. The Morgan fingerprint density at radius 3 is 2.72 bits per heavy atom. The predicted molar refractivity (Wildman–Crippen MR) is 122 cm³/mol. The van der Waals surface area contributed by atoms with Gasteiger partial charge in [-0.3, -0.25) is 19.1 Å². The van der Waals surface area contributed by atoms with Gasteiger partial charge in [0.1, 0.15) is 11.9 Å². The van der Waals surface area contributed by atoms with Crippen molar-refractivity contribution in [3.05, 3.63) is 47.2 Å². The Morgan fingerprint density at radius 2 is 1.97 bits per heavy atom. The van der Waals surface area contributed by atoms with Crippen LogP contribution in [0.1, 0.15) is 49.4 Å². The summed E-state index contributed by atoms with van der Waals surface area (Å²) in [6.45, 7) is 3.65. The summed E-state index contributed by atoms with van der Waals surface area (Å²) in [5.41, 5.74) is 3.69. The molecule has 1 atom stereocenters. The Balaban J connectivity index is 1.56. The first-order valence-corrected chi connectivity index (χ1v) is 11.5. The lowest BCUT2D eigenvalue weighted by Gasteiger charge is -2.30. The Kier molecular flexibility index (Phi) is 6.91. The van der Waals surface area contributed by atoms with E-state index in [1.807, 2.05) is 39.8 Å². The molecular weight excluding hydrogens is 404 g/mol. The van der Waals surface area contributed by atoms with Gasteiger partial charge in [-0.05, 0) is 69.7 Å². The van der Waals surface area contributed by atoms with E-state index in [1.54, 1.807) is 6.92 Å². The lowest BCUT2D eigenvalue weighted by atomic mass is 9.95. The number of benzene rings is 1. The van der Waals surface area contributed by atoms with Crippen LogP contribution in [0.25, 0.3) is 5.69 Å². The number of fused-ring (bicyclic) bond motifs is 1. The molecule has 0 bridgehead atoms. The van der Waals surface area contributed by atoms with Crippen LogP contribution in [-0.2, 0) is 27.2 Å². The number of nitriles is 1. The van der Waals surface area contributed by atoms with Crippen LogP contribution in [0, 0.1) is 17.2 Å². The first kappa shape index (κ1) is 22.1. The summed E-state index contributed by atoms with van der Waals surface area (Å²) < 4.78 is 7.21. The molecule has 0 radical (unpaired) electrons. The topological polar surface area (TPSA) is 87.4 Å². The second-order valence-electron chi connectivity index (χ2n) is 8.51. The van der Waals surface area contributed by atoms with Gasteiger partial charge in [0, 0.05) is 17.9 Å². The van der Waals surface area contributed by atoms with Gasteiger partial charge in [-0.2, -0.15) is 5.26 Å². The second kappa shape index (κ2) is 10.0. The van der Waals surface area contributed by atoms with Gasteiger partial charge in [0.25, 0.3) is 0 Å². The van der Waals surface area contributed by atoms with E-state index < -0.39 is 0 Å². The quantitative estimate of drug-likeness (QED) is 0.704. The molecule has 2 aromatic rings. The molecule has 32 heavy (non-hydrogen) atoms. The van der Waals surface area contributed by atoms with E-state index in [0.717, 1.165) is 62.0 Å². The van der Waals surface area contributed by atoms with Gasteiger partial charge < -0.3 is 10.1 Å². The fourth-order valence-electron chi connectivity index (χ4n) is 4.92. The molecule has 0 spiro atoms. The van der Waals surface area contributed by atoms with Crippen LogP contribution in [0.2, 0.25) is 0 Å². The van der Waals surface area contributed by atoms with E-state index in [9.17, 15) is 14.9 Å². The number of hydrogen-bond donors (Lipinski definition) is 1. The first-order chi connectivity index (χ1) is 15.6. The number of amides is 1. The number of piperidine rings is 1. The van der Waals surface area contributed by atoms with Crippen molar-refractivity contribution in [3.8, 4) is 11.8 Å². The van der Waals surface area contributed by atoms with Crippen molar-refractivity contribution in [2.45, 2.75) is 45.4 Å². The summed E-state index contributed by atoms with van der Waals surface area (Å²) in [4.78, 5) is 27.2. The van der Waals surface area contributed by atoms with Crippen molar-refractivity contribution >= 4 is 17.7 Å². The molecule has 168 valence electrons. The molecule has 1 aliphatic heterocycles. The van der Waals surface area contributed by atoms with Gasteiger partial charge in [0.05, 0.1) is 24.6 Å². The number of ether oxygens (including phenoxy) is 1. The van der Waals surface area contributed by atoms with Crippen LogP contribution >= 0.6 is 0 Å². The van der Waals surface area contributed by atoms with Crippen LogP contribution in [-0.4, -0.2) is 47.6 Å². The third kappa shape index (κ3) is 4.56. The number of aromatic nitrogens is 1. The molecule has 4 rings (SSSR count). The third-order valence-corrected chi connectivity index (χ3v) is 6.35. The maximum atomic E-state index is 13.1. The maximum Gasteiger partial charge on any atom is 0.310 e. The average Bonchev–Trinajstić information content (AvgIpc) is 3.12. The summed E-state index contributed by atoms with van der Waals surface area (Å²) in [7, 11) is 0. The second-order valence-corrected chi connectivity index (χ2v) is 8.51. The van der Waals surface area contributed by atoms with E-state index in [1.165, 1.54) is 0 Å². The van der Waals surface area contributed by atoms with Crippen LogP contribution in [0.5, 0.6) is 0 Å². The lowest BCUT2D eigenvalue weighted by molar-refractivity contribution is -0.150. The van der Waals surface area contributed by atoms with Crippen LogP contribution < -0.4 is 5.32 Å². The molecule has 1 aromatic heterocycles. The van der Waals surface area contributed by atoms with Crippen molar-refractivity contribution in [1.82, 2.24) is 9.47 Å². The highest BCUT2D eigenvalue weighted by Gasteiger charge is 2.30. The molecule has 1 saturated heterocycles. The number of nitrogens with zero attached hydrogens (tertiary/aromatic N) is 3. The molecule has 1 aliphatic carbocycles. The molecule has 1 fully saturated rings. The van der Waals surface area contributed by atoms with Gasteiger partial charge in [-0.25, -0.2) is 0 Å². The van der Waals surface area contributed by atoms with Crippen molar-refractivity contribution < 1.29 is 14.3 Å². The minimum Gasteiger partial charge on any atom is -0.466 e.